The number of ether oxygens (including phenoxy) is 1. The summed E-state index contributed by atoms with van der Waals surface area (Å²) in [4.78, 5) is 21.5. The molecule has 1 amide bonds. The predicted molar refractivity (Wildman–Crippen MR) is 147 cm³/mol. The molecule has 0 atom stereocenters. The lowest BCUT2D eigenvalue weighted by Crippen LogP contribution is -2.41. The Morgan fingerprint density at radius 2 is 1.68 bits per heavy atom. The molecule has 1 saturated heterocycles. The molecule has 0 aromatic heterocycles. The van der Waals surface area contributed by atoms with E-state index in [-0.39, 0.29) is 5.91 Å². The number of halogens is 2. The lowest BCUT2D eigenvalue weighted by molar-refractivity contribution is -0.124. The van der Waals surface area contributed by atoms with Gasteiger partial charge < -0.3 is 4.74 Å². The fourth-order valence-corrected chi connectivity index (χ4v) is 7.94. The van der Waals surface area contributed by atoms with Crippen molar-refractivity contribution in [2.24, 2.45) is 4.99 Å². The van der Waals surface area contributed by atoms with E-state index in [0.29, 0.717) is 18.7 Å². The van der Waals surface area contributed by atoms with Gasteiger partial charge in [-0.15, -0.1) is 0 Å². The van der Waals surface area contributed by atoms with Crippen LogP contribution in [0, 0.1) is 7.14 Å². The zero-order valence-corrected chi connectivity index (χ0v) is 23.2. The number of hydrogen-bond acceptors (Lipinski definition) is 4. The minimum Gasteiger partial charge on any atom is -0.492 e. The highest BCUT2D eigenvalue weighted by atomic mass is 127. The summed E-state index contributed by atoms with van der Waals surface area (Å²) in [7, 11) is 0. The fraction of sp³-hybridized carbons (Fsp3) is 0.583. The van der Waals surface area contributed by atoms with Gasteiger partial charge >= 0.3 is 0 Å². The first-order chi connectivity index (χ1) is 15.1. The molecule has 3 fully saturated rings. The van der Waals surface area contributed by atoms with E-state index < -0.39 is 0 Å². The quantitative estimate of drug-likeness (QED) is 0.247. The number of nitrogens with zero attached hydrogens (tertiary/aromatic N) is 2. The van der Waals surface area contributed by atoms with Gasteiger partial charge in [-0.2, -0.15) is 0 Å². The zero-order chi connectivity index (χ0) is 21.8. The summed E-state index contributed by atoms with van der Waals surface area (Å²) in [5, 5.41) is 0.949. The highest BCUT2D eigenvalue weighted by Crippen LogP contribution is 2.39. The normalized spacial score (nSPS) is 23.8. The van der Waals surface area contributed by atoms with Gasteiger partial charge in [0.05, 0.1) is 24.7 Å². The van der Waals surface area contributed by atoms with E-state index >= 15 is 0 Å². The lowest BCUT2D eigenvalue weighted by Gasteiger charge is -2.31. The van der Waals surface area contributed by atoms with Gasteiger partial charge in [0.1, 0.15) is 5.75 Å². The summed E-state index contributed by atoms with van der Waals surface area (Å²) >= 11 is 6.23. The summed E-state index contributed by atoms with van der Waals surface area (Å²) in [6.45, 7) is 2.65. The summed E-state index contributed by atoms with van der Waals surface area (Å²) in [6.07, 6.45) is 14.1. The molecule has 2 saturated carbocycles. The van der Waals surface area contributed by atoms with Crippen LogP contribution in [0.2, 0.25) is 0 Å². The highest BCUT2D eigenvalue weighted by Gasteiger charge is 2.39. The van der Waals surface area contributed by atoms with Crippen molar-refractivity contribution in [3.63, 3.8) is 0 Å². The first-order valence-electron chi connectivity index (χ1n) is 11.5. The van der Waals surface area contributed by atoms with E-state index in [1.807, 2.05) is 13.0 Å². The number of hydrogen-bond donors (Lipinski definition) is 0. The van der Waals surface area contributed by atoms with Crippen molar-refractivity contribution in [2.45, 2.75) is 83.2 Å². The minimum atomic E-state index is 0.144. The largest absolute Gasteiger partial charge is 0.492 e. The van der Waals surface area contributed by atoms with Crippen LogP contribution in [-0.4, -0.2) is 34.7 Å². The number of rotatable bonds is 5. The standard InChI is InChI=1S/C24H30I2N2O2S/c1-2-30-22-19(25)13-16(14-20(22)26)15-21-23(29)28(18-11-7-4-8-12-18)24(31-21)27-17-9-5-3-6-10-17/h13-15,17-18H,2-12H2,1H3. The van der Waals surface area contributed by atoms with Crippen LogP contribution in [0.4, 0.5) is 0 Å². The molecule has 0 bridgehead atoms. The fourth-order valence-electron chi connectivity index (χ4n) is 4.70. The molecule has 168 valence electrons. The van der Waals surface area contributed by atoms with E-state index in [2.05, 4.69) is 62.2 Å². The van der Waals surface area contributed by atoms with Gasteiger partial charge in [-0.1, -0.05) is 38.5 Å². The number of amides is 1. The van der Waals surface area contributed by atoms with Gasteiger partial charge in [0, 0.05) is 6.04 Å². The molecule has 3 aliphatic rings. The average Bonchev–Trinajstić information content (AvgIpc) is 3.06. The SMILES string of the molecule is CCOc1c(I)cc(C=C2SC(=NC3CCCCC3)N(C3CCCCC3)C2=O)cc1I. The third-order valence-corrected chi connectivity index (χ3v) is 8.85. The number of benzene rings is 1. The van der Waals surface area contributed by atoms with Crippen molar-refractivity contribution < 1.29 is 9.53 Å². The summed E-state index contributed by atoms with van der Waals surface area (Å²) < 4.78 is 7.93. The van der Waals surface area contributed by atoms with Crippen molar-refractivity contribution >= 4 is 74.1 Å². The highest BCUT2D eigenvalue weighted by molar-refractivity contribution is 14.1. The summed E-state index contributed by atoms with van der Waals surface area (Å²) in [6, 6.07) is 4.90. The van der Waals surface area contributed by atoms with Gasteiger partial charge in [0.2, 0.25) is 0 Å². The molecule has 0 radical (unpaired) electrons. The molecular formula is C24H30I2N2O2S. The Labute approximate surface area is 217 Å². The van der Waals surface area contributed by atoms with Crippen LogP contribution >= 0.6 is 56.9 Å². The zero-order valence-electron chi connectivity index (χ0n) is 18.0. The van der Waals surface area contributed by atoms with E-state index in [1.165, 1.54) is 38.5 Å². The van der Waals surface area contributed by atoms with Crippen LogP contribution in [0.25, 0.3) is 6.08 Å². The molecule has 1 aromatic carbocycles. The van der Waals surface area contributed by atoms with Crippen molar-refractivity contribution in [2.75, 3.05) is 6.61 Å². The maximum atomic E-state index is 13.5. The van der Waals surface area contributed by atoms with E-state index in [4.69, 9.17) is 9.73 Å². The van der Waals surface area contributed by atoms with Crippen LogP contribution in [-0.2, 0) is 4.79 Å². The second kappa shape index (κ2) is 11.2. The van der Waals surface area contributed by atoms with Gasteiger partial charge in [0.15, 0.2) is 5.17 Å². The monoisotopic (exact) mass is 664 g/mol. The van der Waals surface area contributed by atoms with Crippen LogP contribution in [0.1, 0.15) is 76.7 Å². The Bertz CT molecular complexity index is 851. The Balaban J connectivity index is 1.63. The van der Waals surface area contributed by atoms with Gasteiger partial charge in [0.25, 0.3) is 5.91 Å². The Kier molecular flexibility index (Phi) is 8.64. The number of amidine groups is 1. The lowest BCUT2D eigenvalue weighted by atomic mass is 9.94. The first kappa shape index (κ1) is 23.9. The molecule has 0 unspecified atom stereocenters. The summed E-state index contributed by atoms with van der Waals surface area (Å²) in [5.74, 6) is 1.07. The summed E-state index contributed by atoms with van der Waals surface area (Å²) in [5.41, 5.74) is 1.05. The van der Waals surface area contributed by atoms with Crippen molar-refractivity contribution in [1.82, 2.24) is 4.90 Å². The van der Waals surface area contributed by atoms with Gasteiger partial charge in [-0.25, -0.2) is 0 Å². The van der Waals surface area contributed by atoms with Gasteiger partial charge in [-0.05, 0) is 113 Å². The molecule has 0 N–H and O–H groups in total. The Morgan fingerprint density at radius 1 is 1.06 bits per heavy atom. The molecule has 1 aliphatic heterocycles. The maximum absolute atomic E-state index is 13.5. The first-order valence-corrected chi connectivity index (χ1v) is 14.5. The molecule has 1 aromatic rings. The third-order valence-electron chi connectivity index (χ3n) is 6.25. The Hall–Kier alpha value is -0.290. The molecule has 7 heteroatoms. The molecule has 0 spiro atoms. The van der Waals surface area contributed by atoms with Crippen LogP contribution in [0.5, 0.6) is 5.75 Å². The van der Waals surface area contributed by atoms with Crippen molar-refractivity contribution in [3.8, 4) is 5.75 Å². The second-order valence-corrected chi connectivity index (χ2v) is 11.9. The molecule has 1 heterocycles. The number of aliphatic imine (C=N–C) groups is 1. The van der Waals surface area contributed by atoms with Crippen molar-refractivity contribution in [1.29, 1.82) is 0 Å². The molecule has 31 heavy (non-hydrogen) atoms. The number of carbonyl (C=O) groups excluding carboxylic acids is 1. The topological polar surface area (TPSA) is 41.9 Å². The van der Waals surface area contributed by atoms with E-state index in [9.17, 15) is 4.79 Å². The van der Waals surface area contributed by atoms with Crippen LogP contribution in [0.3, 0.4) is 0 Å². The molecule has 2 aliphatic carbocycles. The number of thioether (sulfide) groups is 1. The number of carbonyl (C=O) groups is 1. The van der Waals surface area contributed by atoms with Crippen LogP contribution in [0.15, 0.2) is 22.0 Å². The smallest absolute Gasteiger partial charge is 0.266 e. The van der Waals surface area contributed by atoms with Crippen molar-refractivity contribution in [3.05, 3.63) is 29.7 Å². The minimum absolute atomic E-state index is 0.144. The third kappa shape index (κ3) is 5.80. The molecule has 4 nitrogen and oxygen atoms in total. The van der Waals surface area contributed by atoms with E-state index in [0.717, 1.165) is 54.2 Å². The average molecular weight is 664 g/mol. The Morgan fingerprint density at radius 3 is 2.29 bits per heavy atom. The maximum Gasteiger partial charge on any atom is 0.266 e. The molecule has 4 rings (SSSR count). The molecular weight excluding hydrogens is 634 g/mol. The second-order valence-electron chi connectivity index (χ2n) is 8.53. The van der Waals surface area contributed by atoms with Gasteiger partial charge in [-0.3, -0.25) is 14.7 Å². The van der Waals surface area contributed by atoms with Crippen LogP contribution < -0.4 is 4.74 Å². The predicted octanol–water partition coefficient (Wildman–Crippen LogP) is 7.23. The van der Waals surface area contributed by atoms with E-state index in [1.54, 1.807) is 11.8 Å².